The fraction of sp³-hybridized carbons (Fsp3) is 0.455. The molecule has 0 bridgehead atoms. The average molecular weight is 224 g/mol. The second-order valence-electron chi connectivity index (χ2n) is 3.96. The first-order valence-electron chi connectivity index (χ1n) is 5.02. The van der Waals surface area contributed by atoms with Crippen LogP contribution in [-0.2, 0) is 4.79 Å². The minimum Gasteiger partial charge on any atom is -0.479 e. The molecule has 0 aromatic carbocycles. The van der Waals surface area contributed by atoms with E-state index in [0.29, 0.717) is 0 Å². The minimum absolute atomic E-state index is 0.00811. The van der Waals surface area contributed by atoms with E-state index in [-0.39, 0.29) is 12.6 Å². The number of nitrogens with one attached hydrogen (secondary N) is 1. The summed E-state index contributed by atoms with van der Waals surface area (Å²) < 4.78 is 0. The Bertz CT molecular complexity index is 352. The number of carboxylic acids is 1. The van der Waals surface area contributed by atoms with Gasteiger partial charge in [-0.3, -0.25) is 4.98 Å². The second kappa shape index (κ2) is 5.05. The van der Waals surface area contributed by atoms with Gasteiger partial charge < -0.3 is 15.5 Å². The zero-order valence-electron chi connectivity index (χ0n) is 9.34. The summed E-state index contributed by atoms with van der Waals surface area (Å²) in [5.74, 6) is -1.23. The molecule has 1 heterocycles. The van der Waals surface area contributed by atoms with E-state index in [1.54, 1.807) is 12.4 Å². The van der Waals surface area contributed by atoms with Crippen molar-refractivity contribution in [2.24, 2.45) is 0 Å². The quantitative estimate of drug-likeness (QED) is 0.681. The molecule has 0 saturated carbocycles. The SMILES string of the molecule is C[C@H](NCC(C)(O)C(=O)O)c1ccncc1. The molecule has 1 aromatic rings. The summed E-state index contributed by atoms with van der Waals surface area (Å²) in [6.45, 7) is 3.15. The van der Waals surface area contributed by atoms with Gasteiger partial charge in [0.25, 0.3) is 0 Å². The Morgan fingerprint density at radius 2 is 2.12 bits per heavy atom. The summed E-state index contributed by atoms with van der Waals surface area (Å²) in [4.78, 5) is 14.6. The van der Waals surface area contributed by atoms with E-state index in [0.717, 1.165) is 5.56 Å². The van der Waals surface area contributed by atoms with Crippen molar-refractivity contribution in [1.29, 1.82) is 0 Å². The van der Waals surface area contributed by atoms with Crippen molar-refractivity contribution in [2.75, 3.05) is 6.54 Å². The molecule has 5 heteroatoms. The van der Waals surface area contributed by atoms with Crippen molar-refractivity contribution in [1.82, 2.24) is 10.3 Å². The normalized spacial score (nSPS) is 16.4. The maximum Gasteiger partial charge on any atom is 0.336 e. The Kier molecular flexibility index (Phi) is 3.98. The topological polar surface area (TPSA) is 82.5 Å². The van der Waals surface area contributed by atoms with Gasteiger partial charge in [-0.15, -0.1) is 0 Å². The van der Waals surface area contributed by atoms with Gasteiger partial charge in [0.15, 0.2) is 5.60 Å². The van der Waals surface area contributed by atoms with E-state index in [4.69, 9.17) is 5.11 Å². The first-order valence-corrected chi connectivity index (χ1v) is 5.02. The van der Waals surface area contributed by atoms with Crippen LogP contribution in [0, 0.1) is 0 Å². The molecule has 0 aliphatic heterocycles. The Morgan fingerprint density at radius 1 is 1.56 bits per heavy atom. The Labute approximate surface area is 94.1 Å². The summed E-state index contributed by atoms with van der Waals surface area (Å²) in [7, 11) is 0. The lowest BCUT2D eigenvalue weighted by Crippen LogP contribution is -2.45. The zero-order valence-corrected chi connectivity index (χ0v) is 9.34. The van der Waals surface area contributed by atoms with Gasteiger partial charge in [0, 0.05) is 25.0 Å². The molecule has 0 amide bonds. The van der Waals surface area contributed by atoms with Crippen LogP contribution >= 0.6 is 0 Å². The van der Waals surface area contributed by atoms with Crippen LogP contribution in [0.25, 0.3) is 0 Å². The predicted octanol–water partition coefficient (Wildman–Crippen LogP) is 0.568. The van der Waals surface area contributed by atoms with E-state index in [2.05, 4.69) is 10.3 Å². The van der Waals surface area contributed by atoms with E-state index in [1.165, 1.54) is 6.92 Å². The maximum absolute atomic E-state index is 10.7. The molecule has 0 spiro atoms. The third-order valence-corrected chi connectivity index (χ3v) is 2.42. The number of rotatable bonds is 5. The summed E-state index contributed by atoms with van der Waals surface area (Å²) in [6, 6.07) is 3.65. The van der Waals surface area contributed by atoms with Crippen LogP contribution < -0.4 is 5.32 Å². The van der Waals surface area contributed by atoms with Crippen LogP contribution in [0.4, 0.5) is 0 Å². The fourth-order valence-electron chi connectivity index (χ4n) is 1.20. The fourth-order valence-corrected chi connectivity index (χ4v) is 1.20. The summed E-state index contributed by atoms with van der Waals surface area (Å²) in [5, 5.41) is 21.2. The van der Waals surface area contributed by atoms with Crippen molar-refractivity contribution >= 4 is 5.97 Å². The predicted molar refractivity (Wildman–Crippen MR) is 58.9 cm³/mol. The van der Waals surface area contributed by atoms with Crippen molar-refractivity contribution < 1.29 is 15.0 Å². The number of nitrogens with zero attached hydrogens (tertiary/aromatic N) is 1. The molecule has 16 heavy (non-hydrogen) atoms. The number of hydrogen-bond acceptors (Lipinski definition) is 4. The maximum atomic E-state index is 10.7. The number of pyridine rings is 1. The van der Waals surface area contributed by atoms with Gasteiger partial charge in [-0.05, 0) is 31.5 Å². The number of hydrogen-bond donors (Lipinski definition) is 3. The zero-order chi connectivity index (χ0) is 12.2. The van der Waals surface area contributed by atoms with Gasteiger partial charge in [0.05, 0.1) is 0 Å². The van der Waals surface area contributed by atoms with Gasteiger partial charge in [-0.2, -0.15) is 0 Å². The van der Waals surface area contributed by atoms with E-state index in [9.17, 15) is 9.90 Å². The van der Waals surface area contributed by atoms with Crippen LogP contribution in [0.1, 0.15) is 25.5 Å². The average Bonchev–Trinajstić information content (AvgIpc) is 2.27. The van der Waals surface area contributed by atoms with Crippen LogP contribution in [-0.4, -0.2) is 33.3 Å². The van der Waals surface area contributed by atoms with Crippen LogP contribution in [0.2, 0.25) is 0 Å². The highest BCUT2D eigenvalue weighted by Gasteiger charge is 2.29. The molecule has 1 aromatic heterocycles. The highest BCUT2D eigenvalue weighted by Crippen LogP contribution is 2.11. The van der Waals surface area contributed by atoms with Crippen LogP contribution in [0.5, 0.6) is 0 Å². The summed E-state index contributed by atoms with van der Waals surface area (Å²) in [5.41, 5.74) is -0.752. The number of aliphatic carboxylic acids is 1. The molecule has 3 N–H and O–H groups in total. The molecule has 0 fully saturated rings. The lowest BCUT2D eigenvalue weighted by atomic mass is 10.1. The molecule has 1 unspecified atom stereocenters. The van der Waals surface area contributed by atoms with Crippen molar-refractivity contribution in [3.63, 3.8) is 0 Å². The van der Waals surface area contributed by atoms with Crippen LogP contribution in [0.15, 0.2) is 24.5 Å². The Balaban J connectivity index is 2.54. The van der Waals surface area contributed by atoms with Crippen LogP contribution in [0.3, 0.4) is 0 Å². The first-order chi connectivity index (χ1) is 7.43. The van der Waals surface area contributed by atoms with E-state index in [1.807, 2.05) is 19.1 Å². The molecule has 5 nitrogen and oxygen atoms in total. The van der Waals surface area contributed by atoms with Crippen molar-refractivity contribution in [3.8, 4) is 0 Å². The number of aromatic nitrogens is 1. The highest BCUT2D eigenvalue weighted by molar-refractivity contribution is 5.76. The molecule has 0 aliphatic rings. The number of aliphatic hydroxyl groups is 1. The molecule has 1 rings (SSSR count). The molecule has 0 saturated heterocycles. The van der Waals surface area contributed by atoms with Gasteiger partial charge in [0.2, 0.25) is 0 Å². The van der Waals surface area contributed by atoms with Gasteiger partial charge in [0.1, 0.15) is 0 Å². The monoisotopic (exact) mass is 224 g/mol. The van der Waals surface area contributed by atoms with E-state index >= 15 is 0 Å². The molecule has 2 atom stereocenters. The highest BCUT2D eigenvalue weighted by atomic mass is 16.4. The molecule has 0 aliphatic carbocycles. The largest absolute Gasteiger partial charge is 0.479 e. The molecule has 88 valence electrons. The summed E-state index contributed by atoms with van der Waals surface area (Å²) in [6.07, 6.45) is 3.34. The van der Waals surface area contributed by atoms with E-state index < -0.39 is 11.6 Å². The number of carboxylic acid groups (broad SMARTS) is 1. The van der Waals surface area contributed by atoms with Gasteiger partial charge in [-0.25, -0.2) is 4.79 Å². The lowest BCUT2D eigenvalue weighted by Gasteiger charge is -2.22. The lowest BCUT2D eigenvalue weighted by molar-refractivity contribution is -0.156. The second-order valence-corrected chi connectivity index (χ2v) is 3.96. The third kappa shape index (κ3) is 3.29. The van der Waals surface area contributed by atoms with Crippen molar-refractivity contribution in [2.45, 2.75) is 25.5 Å². The Morgan fingerprint density at radius 3 is 2.62 bits per heavy atom. The minimum atomic E-state index is -1.75. The first kappa shape index (κ1) is 12.6. The van der Waals surface area contributed by atoms with Gasteiger partial charge >= 0.3 is 5.97 Å². The van der Waals surface area contributed by atoms with Crippen molar-refractivity contribution in [3.05, 3.63) is 30.1 Å². The molecule has 0 radical (unpaired) electrons. The standard InChI is InChI=1S/C11H16N2O3/c1-8(9-3-5-12-6-4-9)13-7-11(2,16)10(14)15/h3-6,8,13,16H,7H2,1-2H3,(H,14,15)/t8-,11?/m0/s1. The summed E-state index contributed by atoms with van der Waals surface area (Å²) >= 11 is 0. The molecular formula is C11H16N2O3. The third-order valence-electron chi connectivity index (χ3n) is 2.42. The number of carbonyl (C=O) groups is 1. The molecular weight excluding hydrogens is 208 g/mol. The smallest absolute Gasteiger partial charge is 0.336 e. The van der Waals surface area contributed by atoms with Gasteiger partial charge in [-0.1, -0.05) is 0 Å². The Hall–Kier alpha value is -1.46.